The van der Waals surface area contributed by atoms with Gasteiger partial charge in [0.05, 0.1) is 19.9 Å². The first-order chi connectivity index (χ1) is 11.0. The molecule has 0 saturated carbocycles. The van der Waals surface area contributed by atoms with Gasteiger partial charge >= 0.3 is 0 Å². The van der Waals surface area contributed by atoms with Crippen LogP contribution in [-0.4, -0.2) is 26.7 Å². The maximum atomic E-state index is 12.0. The number of nitrogens with one attached hydrogen (secondary N) is 1. The molecule has 6 heteroatoms. The van der Waals surface area contributed by atoms with Gasteiger partial charge in [0, 0.05) is 17.2 Å². The summed E-state index contributed by atoms with van der Waals surface area (Å²) in [4.78, 5) is 12.0. The van der Waals surface area contributed by atoms with Crippen LogP contribution in [0.3, 0.4) is 0 Å². The molecule has 23 heavy (non-hydrogen) atoms. The first-order valence-electron chi connectivity index (χ1n) is 6.94. The molecule has 0 fully saturated rings. The predicted octanol–water partition coefficient (Wildman–Crippen LogP) is 3.68. The monoisotopic (exact) mass is 335 g/mol. The van der Waals surface area contributed by atoms with Gasteiger partial charge in [-0.1, -0.05) is 17.7 Å². The summed E-state index contributed by atoms with van der Waals surface area (Å²) in [5, 5.41) is 3.33. The number of carbonyl (C=O) groups excluding carboxylic acids is 1. The van der Waals surface area contributed by atoms with Crippen LogP contribution in [-0.2, 0) is 4.79 Å². The number of halogens is 1. The lowest BCUT2D eigenvalue weighted by Crippen LogP contribution is -2.20. The van der Waals surface area contributed by atoms with Gasteiger partial charge in [-0.15, -0.1) is 0 Å². The highest BCUT2D eigenvalue weighted by molar-refractivity contribution is 6.31. The molecule has 2 aromatic rings. The van der Waals surface area contributed by atoms with Crippen LogP contribution in [0.4, 0.5) is 5.69 Å². The number of carbonyl (C=O) groups is 1. The van der Waals surface area contributed by atoms with Crippen molar-refractivity contribution >= 4 is 23.2 Å². The van der Waals surface area contributed by atoms with Gasteiger partial charge in [-0.25, -0.2) is 0 Å². The van der Waals surface area contributed by atoms with Crippen LogP contribution in [0.25, 0.3) is 0 Å². The molecular formula is C17H18ClNO4. The zero-order chi connectivity index (χ0) is 16.8. The molecule has 0 unspecified atom stereocenters. The fourth-order valence-corrected chi connectivity index (χ4v) is 2.11. The van der Waals surface area contributed by atoms with E-state index in [1.807, 2.05) is 6.92 Å². The van der Waals surface area contributed by atoms with Crippen molar-refractivity contribution in [3.05, 3.63) is 47.0 Å². The van der Waals surface area contributed by atoms with Crippen molar-refractivity contribution in [3.8, 4) is 17.2 Å². The van der Waals surface area contributed by atoms with E-state index >= 15 is 0 Å². The van der Waals surface area contributed by atoms with Crippen molar-refractivity contribution in [2.24, 2.45) is 0 Å². The molecule has 0 aliphatic rings. The topological polar surface area (TPSA) is 56.8 Å². The molecule has 0 radical (unpaired) electrons. The zero-order valence-corrected chi connectivity index (χ0v) is 13.9. The first-order valence-corrected chi connectivity index (χ1v) is 7.32. The molecule has 2 rings (SSSR count). The molecule has 2 aromatic carbocycles. The molecule has 0 aliphatic heterocycles. The predicted molar refractivity (Wildman–Crippen MR) is 89.9 cm³/mol. The number of rotatable bonds is 6. The summed E-state index contributed by atoms with van der Waals surface area (Å²) < 4.78 is 15.8. The molecule has 122 valence electrons. The number of amides is 1. The van der Waals surface area contributed by atoms with Crippen molar-refractivity contribution in [2.45, 2.75) is 6.92 Å². The van der Waals surface area contributed by atoms with Gasteiger partial charge in [0.2, 0.25) is 0 Å². The average molecular weight is 336 g/mol. The SMILES string of the molecule is COc1cccc(OCC(=O)Nc2cc(C)c(Cl)cc2OC)c1. The van der Waals surface area contributed by atoms with Crippen molar-refractivity contribution in [3.63, 3.8) is 0 Å². The Morgan fingerprint density at radius 3 is 2.57 bits per heavy atom. The minimum Gasteiger partial charge on any atom is -0.497 e. The van der Waals surface area contributed by atoms with E-state index in [1.165, 1.54) is 7.11 Å². The lowest BCUT2D eigenvalue weighted by Gasteiger charge is -2.13. The minimum atomic E-state index is -0.298. The quantitative estimate of drug-likeness (QED) is 0.874. The number of aryl methyl sites for hydroxylation is 1. The molecule has 1 N–H and O–H groups in total. The van der Waals surface area contributed by atoms with Gasteiger partial charge < -0.3 is 19.5 Å². The van der Waals surface area contributed by atoms with E-state index in [4.69, 9.17) is 25.8 Å². The van der Waals surface area contributed by atoms with E-state index in [9.17, 15) is 4.79 Å². The molecule has 0 aliphatic carbocycles. The zero-order valence-electron chi connectivity index (χ0n) is 13.2. The van der Waals surface area contributed by atoms with Gasteiger partial charge in [-0.05, 0) is 30.7 Å². The summed E-state index contributed by atoms with van der Waals surface area (Å²) >= 11 is 6.04. The summed E-state index contributed by atoms with van der Waals surface area (Å²) in [6.07, 6.45) is 0. The highest BCUT2D eigenvalue weighted by atomic mass is 35.5. The smallest absolute Gasteiger partial charge is 0.262 e. The van der Waals surface area contributed by atoms with Crippen molar-refractivity contribution in [1.29, 1.82) is 0 Å². The number of hydrogen-bond donors (Lipinski definition) is 1. The fourth-order valence-electron chi connectivity index (χ4n) is 1.96. The molecular weight excluding hydrogens is 318 g/mol. The number of benzene rings is 2. The van der Waals surface area contributed by atoms with Gasteiger partial charge in [-0.3, -0.25) is 4.79 Å². The Labute approximate surface area is 140 Å². The third kappa shape index (κ3) is 4.53. The minimum absolute atomic E-state index is 0.127. The second kappa shape index (κ2) is 7.74. The lowest BCUT2D eigenvalue weighted by molar-refractivity contribution is -0.118. The molecule has 5 nitrogen and oxygen atoms in total. The maximum absolute atomic E-state index is 12.0. The largest absolute Gasteiger partial charge is 0.497 e. The van der Waals surface area contributed by atoms with Crippen molar-refractivity contribution in [2.75, 3.05) is 26.1 Å². The van der Waals surface area contributed by atoms with E-state index < -0.39 is 0 Å². The Morgan fingerprint density at radius 2 is 1.87 bits per heavy atom. The molecule has 0 bridgehead atoms. The van der Waals surface area contributed by atoms with Gasteiger partial charge in [0.25, 0.3) is 5.91 Å². The molecule has 0 spiro atoms. The van der Waals surface area contributed by atoms with Crippen LogP contribution in [0.5, 0.6) is 17.2 Å². The Bertz CT molecular complexity index is 703. The summed E-state index contributed by atoms with van der Waals surface area (Å²) in [6.45, 7) is 1.72. The van der Waals surface area contributed by atoms with E-state index in [0.717, 1.165) is 5.56 Å². The molecule has 0 saturated heterocycles. The Morgan fingerprint density at radius 1 is 1.13 bits per heavy atom. The molecule has 1 amide bonds. The second-order valence-corrected chi connectivity index (χ2v) is 5.22. The summed E-state index contributed by atoms with van der Waals surface area (Å²) in [5.41, 5.74) is 1.39. The molecule has 0 heterocycles. The Balaban J connectivity index is 2.01. The Kier molecular flexibility index (Phi) is 5.71. The highest BCUT2D eigenvalue weighted by Gasteiger charge is 2.11. The summed E-state index contributed by atoms with van der Waals surface area (Å²) in [7, 11) is 3.09. The van der Waals surface area contributed by atoms with Gasteiger partial charge in [-0.2, -0.15) is 0 Å². The third-order valence-electron chi connectivity index (χ3n) is 3.17. The van der Waals surface area contributed by atoms with Crippen molar-refractivity contribution < 1.29 is 19.0 Å². The van der Waals surface area contributed by atoms with Crippen LogP contribution < -0.4 is 19.5 Å². The van der Waals surface area contributed by atoms with Gasteiger partial charge in [0.1, 0.15) is 17.2 Å². The number of methoxy groups -OCH3 is 2. The van der Waals surface area contributed by atoms with Crippen molar-refractivity contribution in [1.82, 2.24) is 0 Å². The van der Waals surface area contributed by atoms with Crippen LogP contribution in [0.15, 0.2) is 36.4 Å². The van der Waals surface area contributed by atoms with Crippen LogP contribution in [0, 0.1) is 6.92 Å². The van der Waals surface area contributed by atoms with Crippen LogP contribution >= 0.6 is 11.6 Å². The normalized spacial score (nSPS) is 10.1. The average Bonchev–Trinajstić information content (AvgIpc) is 2.56. The maximum Gasteiger partial charge on any atom is 0.262 e. The van der Waals surface area contributed by atoms with E-state index in [2.05, 4.69) is 5.32 Å². The fraction of sp³-hybridized carbons (Fsp3) is 0.235. The molecule has 0 aromatic heterocycles. The van der Waals surface area contributed by atoms with Gasteiger partial charge in [0.15, 0.2) is 6.61 Å². The Hall–Kier alpha value is -2.40. The lowest BCUT2D eigenvalue weighted by atomic mass is 10.2. The van der Waals surface area contributed by atoms with Crippen LogP contribution in [0.2, 0.25) is 5.02 Å². The first kappa shape index (κ1) is 17.0. The standard InChI is InChI=1S/C17H18ClNO4/c1-11-7-15(16(22-3)9-14(11)18)19-17(20)10-23-13-6-4-5-12(8-13)21-2/h4-9H,10H2,1-3H3,(H,19,20). The summed E-state index contributed by atoms with van der Waals surface area (Å²) in [5.74, 6) is 1.42. The van der Waals surface area contributed by atoms with E-state index in [-0.39, 0.29) is 12.5 Å². The van der Waals surface area contributed by atoms with Crippen LogP contribution in [0.1, 0.15) is 5.56 Å². The van der Waals surface area contributed by atoms with E-state index in [1.54, 1.807) is 43.5 Å². The number of hydrogen-bond acceptors (Lipinski definition) is 4. The van der Waals surface area contributed by atoms with E-state index in [0.29, 0.717) is 28.0 Å². The second-order valence-electron chi connectivity index (χ2n) is 4.82. The highest BCUT2D eigenvalue weighted by Crippen LogP contribution is 2.30. The number of anilines is 1. The third-order valence-corrected chi connectivity index (χ3v) is 3.57. The number of ether oxygens (including phenoxy) is 3. The summed E-state index contributed by atoms with van der Waals surface area (Å²) in [6, 6.07) is 10.5. The molecule has 0 atom stereocenters.